The molecule has 146 valence electrons. The molecule has 0 unspecified atom stereocenters. The SMILES string of the molecule is CN(Cc1ccccc1)c1ccc2cc(-c3cccc[n+]3CCO)c(=O)oc2c1. The van der Waals surface area contributed by atoms with Crippen LogP contribution in [0.25, 0.3) is 22.2 Å². The Kier molecular flexibility index (Phi) is 5.40. The highest BCUT2D eigenvalue weighted by atomic mass is 16.4. The van der Waals surface area contributed by atoms with Gasteiger partial charge in [0.15, 0.2) is 12.7 Å². The molecule has 5 heteroatoms. The zero-order valence-corrected chi connectivity index (χ0v) is 16.3. The molecule has 5 nitrogen and oxygen atoms in total. The second-order valence-corrected chi connectivity index (χ2v) is 7.01. The Morgan fingerprint density at radius 3 is 2.59 bits per heavy atom. The van der Waals surface area contributed by atoms with E-state index in [1.165, 1.54) is 5.56 Å². The van der Waals surface area contributed by atoms with Crippen LogP contribution in [0, 0.1) is 0 Å². The van der Waals surface area contributed by atoms with Crippen molar-refractivity contribution in [3.8, 4) is 11.3 Å². The van der Waals surface area contributed by atoms with Crippen LogP contribution in [0.1, 0.15) is 5.56 Å². The van der Waals surface area contributed by atoms with E-state index < -0.39 is 5.63 Å². The molecule has 0 aliphatic rings. The first kappa shape index (κ1) is 18.9. The van der Waals surface area contributed by atoms with Gasteiger partial charge in [0.05, 0.1) is 0 Å². The van der Waals surface area contributed by atoms with Crippen LogP contribution in [-0.2, 0) is 13.1 Å². The largest absolute Gasteiger partial charge is 0.422 e. The zero-order chi connectivity index (χ0) is 20.2. The number of fused-ring (bicyclic) bond motifs is 1. The van der Waals surface area contributed by atoms with Gasteiger partial charge >= 0.3 is 5.63 Å². The van der Waals surface area contributed by atoms with Gasteiger partial charge in [0.2, 0.25) is 5.69 Å². The predicted octanol–water partition coefficient (Wildman–Crippen LogP) is 3.38. The third-order valence-electron chi connectivity index (χ3n) is 4.98. The average molecular weight is 387 g/mol. The number of aliphatic hydroxyl groups is 1. The van der Waals surface area contributed by atoms with Crippen LogP contribution in [0.5, 0.6) is 0 Å². The molecule has 0 radical (unpaired) electrons. The number of pyridine rings is 1. The third kappa shape index (κ3) is 4.05. The standard InChI is InChI=1S/C24H23N2O3/c1-25(17-18-7-3-2-4-8-18)20-11-10-19-15-21(24(28)29-23(19)16-20)22-9-5-6-12-26(22)13-14-27/h2-12,15-16,27H,13-14,17H2,1H3/q+1. The van der Waals surface area contributed by atoms with Gasteiger partial charge in [-0.1, -0.05) is 30.3 Å². The van der Waals surface area contributed by atoms with E-state index in [0.29, 0.717) is 17.7 Å². The fourth-order valence-electron chi connectivity index (χ4n) is 3.49. The maximum absolute atomic E-state index is 12.7. The molecule has 2 heterocycles. The fourth-order valence-corrected chi connectivity index (χ4v) is 3.49. The van der Waals surface area contributed by atoms with Gasteiger partial charge in [-0.3, -0.25) is 0 Å². The van der Waals surface area contributed by atoms with Crippen molar-refractivity contribution >= 4 is 16.7 Å². The first-order valence-electron chi connectivity index (χ1n) is 9.58. The van der Waals surface area contributed by atoms with Gasteiger partial charge in [-0.05, 0) is 29.8 Å². The molecule has 0 atom stereocenters. The summed E-state index contributed by atoms with van der Waals surface area (Å²) in [5.74, 6) is 0. The molecular formula is C24H23N2O3+. The van der Waals surface area contributed by atoms with E-state index in [1.54, 1.807) is 0 Å². The number of aliphatic hydroxyl groups excluding tert-OH is 1. The second kappa shape index (κ2) is 8.29. The smallest absolute Gasteiger partial charge is 0.350 e. The van der Waals surface area contributed by atoms with Crippen molar-refractivity contribution in [2.45, 2.75) is 13.1 Å². The molecule has 0 bridgehead atoms. The molecule has 0 saturated heterocycles. The van der Waals surface area contributed by atoms with Crippen LogP contribution in [0.3, 0.4) is 0 Å². The van der Waals surface area contributed by atoms with Crippen LogP contribution in [0.2, 0.25) is 0 Å². The van der Waals surface area contributed by atoms with Crippen LogP contribution in [0.15, 0.2) is 88.2 Å². The molecule has 2 aromatic carbocycles. The average Bonchev–Trinajstić information content (AvgIpc) is 2.74. The van der Waals surface area contributed by atoms with E-state index in [4.69, 9.17) is 4.42 Å². The molecule has 0 aliphatic heterocycles. The van der Waals surface area contributed by atoms with Crippen molar-refractivity contribution in [3.05, 3.63) is 95.0 Å². The van der Waals surface area contributed by atoms with Gasteiger partial charge in [0.25, 0.3) is 0 Å². The summed E-state index contributed by atoms with van der Waals surface area (Å²) in [5, 5.41) is 10.2. The topological polar surface area (TPSA) is 57.6 Å². The van der Waals surface area contributed by atoms with E-state index in [2.05, 4.69) is 17.0 Å². The normalized spacial score (nSPS) is 11.0. The lowest BCUT2D eigenvalue weighted by Crippen LogP contribution is -2.38. The summed E-state index contributed by atoms with van der Waals surface area (Å²) >= 11 is 0. The van der Waals surface area contributed by atoms with Crippen LogP contribution in [0.4, 0.5) is 5.69 Å². The monoisotopic (exact) mass is 387 g/mol. The van der Waals surface area contributed by atoms with Crippen molar-refractivity contribution in [2.24, 2.45) is 0 Å². The number of anilines is 1. The zero-order valence-electron chi connectivity index (χ0n) is 16.3. The molecule has 0 spiro atoms. The maximum Gasteiger partial charge on any atom is 0.350 e. The van der Waals surface area contributed by atoms with E-state index in [9.17, 15) is 9.90 Å². The van der Waals surface area contributed by atoms with Gasteiger partial charge in [-0.2, -0.15) is 4.57 Å². The Balaban J connectivity index is 1.70. The van der Waals surface area contributed by atoms with E-state index >= 15 is 0 Å². The van der Waals surface area contributed by atoms with Crippen LogP contribution < -0.4 is 15.1 Å². The number of hydrogen-bond acceptors (Lipinski definition) is 4. The first-order chi connectivity index (χ1) is 14.2. The van der Waals surface area contributed by atoms with Gasteiger partial charge in [-0.25, -0.2) is 4.79 Å². The Labute approximate surface area is 169 Å². The first-order valence-corrected chi connectivity index (χ1v) is 9.58. The fraction of sp³-hybridized carbons (Fsp3) is 0.167. The van der Waals surface area contributed by atoms with E-state index in [0.717, 1.165) is 23.3 Å². The van der Waals surface area contributed by atoms with Crippen molar-refractivity contribution in [2.75, 3.05) is 18.6 Å². The van der Waals surface area contributed by atoms with Crippen molar-refractivity contribution in [3.63, 3.8) is 0 Å². The summed E-state index contributed by atoms with van der Waals surface area (Å²) in [6.45, 7) is 1.18. The number of hydrogen-bond donors (Lipinski definition) is 1. The minimum Gasteiger partial charge on any atom is -0.422 e. The molecule has 2 aromatic heterocycles. The number of rotatable bonds is 6. The molecule has 0 fully saturated rings. The van der Waals surface area contributed by atoms with Crippen LogP contribution >= 0.6 is 0 Å². The molecule has 29 heavy (non-hydrogen) atoms. The predicted molar refractivity (Wildman–Crippen MR) is 114 cm³/mol. The van der Waals surface area contributed by atoms with Crippen LogP contribution in [-0.4, -0.2) is 18.8 Å². The summed E-state index contributed by atoms with van der Waals surface area (Å²) in [5.41, 5.74) is 3.56. The quantitative estimate of drug-likeness (QED) is 0.407. The molecule has 0 saturated carbocycles. The van der Waals surface area contributed by atoms with Crippen molar-refractivity contribution in [1.29, 1.82) is 0 Å². The Bertz CT molecular complexity index is 1190. The Hall–Kier alpha value is -3.44. The molecule has 0 amide bonds. The highest BCUT2D eigenvalue weighted by Gasteiger charge is 2.18. The van der Waals surface area contributed by atoms with Gasteiger partial charge < -0.3 is 14.4 Å². The van der Waals surface area contributed by atoms with Gasteiger partial charge in [0.1, 0.15) is 17.8 Å². The number of benzene rings is 2. The second-order valence-electron chi connectivity index (χ2n) is 7.01. The van der Waals surface area contributed by atoms with Crippen molar-refractivity contribution in [1.82, 2.24) is 0 Å². The summed E-state index contributed by atoms with van der Waals surface area (Å²) in [6, 6.07) is 23.6. The Morgan fingerprint density at radius 1 is 1.00 bits per heavy atom. The lowest BCUT2D eigenvalue weighted by molar-refractivity contribution is -0.687. The summed E-state index contributed by atoms with van der Waals surface area (Å²) in [6.07, 6.45) is 1.84. The van der Waals surface area contributed by atoms with Gasteiger partial charge in [-0.15, -0.1) is 0 Å². The summed E-state index contributed by atoms with van der Waals surface area (Å²) < 4.78 is 7.51. The van der Waals surface area contributed by atoms with E-state index in [-0.39, 0.29) is 6.61 Å². The lowest BCUT2D eigenvalue weighted by atomic mass is 10.1. The number of nitrogens with zero attached hydrogens (tertiary/aromatic N) is 2. The lowest BCUT2D eigenvalue weighted by Gasteiger charge is -2.19. The highest BCUT2D eigenvalue weighted by molar-refractivity contribution is 5.83. The number of aromatic nitrogens is 1. The molecule has 4 rings (SSSR count). The van der Waals surface area contributed by atoms with Gasteiger partial charge in [0, 0.05) is 42.9 Å². The molecule has 0 aliphatic carbocycles. The molecular weight excluding hydrogens is 364 g/mol. The van der Waals surface area contributed by atoms with E-state index in [1.807, 2.05) is 78.5 Å². The minimum atomic E-state index is -0.391. The third-order valence-corrected chi connectivity index (χ3v) is 4.98. The summed E-state index contributed by atoms with van der Waals surface area (Å²) in [7, 11) is 2.02. The molecule has 4 aromatic rings. The van der Waals surface area contributed by atoms with Crippen molar-refractivity contribution < 1.29 is 14.1 Å². The highest BCUT2D eigenvalue weighted by Crippen LogP contribution is 2.24. The maximum atomic E-state index is 12.7. The minimum absolute atomic E-state index is 0.00228. The molecule has 1 N–H and O–H groups in total. The summed E-state index contributed by atoms with van der Waals surface area (Å²) in [4.78, 5) is 14.8. The Morgan fingerprint density at radius 2 is 1.79 bits per heavy atom.